The molecule has 26 heavy (non-hydrogen) atoms. The van der Waals surface area contributed by atoms with Crippen LogP contribution in [0.1, 0.15) is 50.1 Å². The molecule has 2 saturated heterocycles. The molecule has 0 saturated carbocycles. The van der Waals surface area contributed by atoms with Crippen LogP contribution in [0.5, 0.6) is 0 Å². The normalized spacial score (nSPS) is 23.1. The molecule has 1 aromatic rings. The summed E-state index contributed by atoms with van der Waals surface area (Å²) < 4.78 is 18.9. The van der Waals surface area contributed by atoms with Crippen LogP contribution in [-0.4, -0.2) is 47.3 Å². The number of rotatable bonds is 3. The Morgan fingerprint density at radius 3 is 2.69 bits per heavy atom. The molecule has 3 rings (SSSR count). The lowest BCUT2D eigenvalue weighted by molar-refractivity contribution is -0.148. The topological polar surface area (TPSA) is 78.9 Å². The van der Waals surface area contributed by atoms with Crippen LogP contribution in [0, 0.1) is 5.82 Å². The number of hydrogen-bond donors (Lipinski definition) is 2. The molecule has 2 N–H and O–H groups in total. The summed E-state index contributed by atoms with van der Waals surface area (Å²) >= 11 is 0. The molecular weight excluding hydrogens is 339 g/mol. The molecule has 0 spiro atoms. The summed E-state index contributed by atoms with van der Waals surface area (Å²) in [4.78, 5) is 26.5. The lowest BCUT2D eigenvalue weighted by Crippen LogP contribution is -2.60. The molecule has 2 aliphatic heterocycles. The van der Waals surface area contributed by atoms with Crippen molar-refractivity contribution in [3.05, 3.63) is 35.6 Å². The predicted molar refractivity (Wildman–Crippen MR) is 93.3 cm³/mol. The van der Waals surface area contributed by atoms with Crippen LogP contribution in [0.25, 0.3) is 0 Å². The van der Waals surface area contributed by atoms with Gasteiger partial charge in [-0.15, -0.1) is 0 Å². The van der Waals surface area contributed by atoms with Gasteiger partial charge < -0.3 is 20.1 Å². The molecule has 2 aliphatic rings. The Bertz CT molecular complexity index is 661. The maximum Gasteiger partial charge on any atom is 0.329 e. The van der Waals surface area contributed by atoms with E-state index < -0.39 is 17.5 Å². The second-order valence-corrected chi connectivity index (χ2v) is 7.04. The number of hydrogen-bond acceptors (Lipinski definition) is 3. The molecule has 7 heteroatoms. The molecule has 1 aromatic carbocycles. The maximum absolute atomic E-state index is 13.7. The standard InChI is InChI=1S/C19H25FN2O4/c20-15-6-4-5-14(13-15)16-7-2-1-3-10-22(16)18(25)21-19(17(23)24)8-11-26-12-9-19/h4-6,13,16H,1-3,7-12H2,(H,21,25)(H,23,24)/t16-/m1/s1. The van der Waals surface area contributed by atoms with E-state index in [1.807, 2.05) is 6.07 Å². The van der Waals surface area contributed by atoms with Crippen molar-refractivity contribution >= 4 is 12.0 Å². The van der Waals surface area contributed by atoms with Crippen molar-refractivity contribution in [3.8, 4) is 0 Å². The van der Waals surface area contributed by atoms with Gasteiger partial charge in [0.05, 0.1) is 6.04 Å². The molecule has 2 heterocycles. The number of carboxylic acid groups (broad SMARTS) is 1. The number of likely N-dealkylation sites (tertiary alicyclic amines) is 1. The minimum Gasteiger partial charge on any atom is -0.480 e. The van der Waals surface area contributed by atoms with Gasteiger partial charge in [-0.2, -0.15) is 0 Å². The predicted octanol–water partition coefficient (Wildman–Crippen LogP) is 3.09. The minimum atomic E-state index is -1.30. The molecular formula is C19H25FN2O4. The maximum atomic E-state index is 13.7. The van der Waals surface area contributed by atoms with E-state index in [1.165, 1.54) is 12.1 Å². The van der Waals surface area contributed by atoms with Crippen molar-refractivity contribution < 1.29 is 23.8 Å². The second-order valence-electron chi connectivity index (χ2n) is 7.04. The number of amides is 2. The van der Waals surface area contributed by atoms with Crippen LogP contribution in [0.2, 0.25) is 0 Å². The Morgan fingerprint density at radius 2 is 2.00 bits per heavy atom. The first-order valence-corrected chi connectivity index (χ1v) is 9.17. The number of carboxylic acids is 1. The summed E-state index contributed by atoms with van der Waals surface area (Å²) in [5.74, 6) is -1.37. The fourth-order valence-corrected chi connectivity index (χ4v) is 3.80. The highest BCUT2D eigenvalue weighted by molar-refractivity contribution is 5.86. The van der Waals surface area contributed by atoms with Gasteiger partial charge in [-0.1, -0.05) is 25.0 Å². The molecule has 0 aliphatic carbocycles. The third-order valence-corrected chi connectivity index (χ3v) is 5.35. The monoisotopic (exact) mass is 364 g/mol. The van der Waals surface area contributed by atoms with E-state index in [0.717, 1.165) is 31.2 Å². The number of benzene rings is 1. The summed E-state index contributed by atoms with van der Waals surface area (Å²) in [7, 11) is 0. The molecule has 0 unspecified atom stereocenters. The lowest BCUT2D eigenvalue weighted by Gasteiger charge is -2.38. The number of nitrogens with zero attached hydrogens (tertiary/aromatic N) is 1. The van der Waals surface area contributed by atoms with E-state index >= 15 is 0 Å². The summed E-state index contributed by atoms with van der Waals surface area (Å²) in [6.45, 7) is 1.14. The van der Waals surface area contributed by atoms with Crippen LogP contribution in [-0.2, 0) is 9.53 Å². The fraction of sp³-hybridized carbons (Fsp3) is 0.579. The SMILES string of the molecule is O=C(NC1(C(=O)O)CCOCC1)N1CCCCC[C@@H]1c1cccc(F)c1. The van der Waals surface area contributed by atoms with E-state index in [2.05, 4.69) is 5.32 Å². The van der Waals surface area contributed by atoms with Gasteiger partial charge >= 0.3 is 12.0 Å². The summed E-state index contributed by atoms with van der Waals surface area (Å²) in [5, 5.41) is 12.4. The minimum absolute atomic E-state index is 0.243. The Balaban J connectivity index is 1.83. The molecule has 2 amide bonds. The number of urea groups is 1. The van der Waals surface area contributed by atoms with Gasteiger partial charge in [-0.3, -0.25) is 0 Å². The Hall–Kier alpha value is -2.15. The van der Waals surface area contributed by atoms with Gasteiger partial charge in [0.2, 0.25) is 0 Å². The summed E-state index contributed by atoms with van der Waals surface area (Å²) in [6, 6.07) is 5.65. The van der Waals surface area contributed by atoms with E-state index in [4.69, 9.17) is 4.74 Å². The Kier molecular flexibility index (Phi) is 5.76. The van der Waals surface area contributed by atoms with Crippen molar-refractivity contribution in [1.82, 2.24) is 10.2 Å². The number of nitrogens with one attached hydrogen (secondary N) is 1. The number of aliphatic carboxylic acids is 1. The molecule has 0 aromatic heterocycles. The number of halogens is 1. The third kappa shape index (κ3) is 3.98. The zero-order valence-electron chi connectivity index (χ0n) is 14.7. The van der Waals surface area contributed by atoms with E-state index in [0.29, 0.717) is 19.8 Å². The van der Waals surface area contributed by atoms with Crippen LogP contribution in [0.3, 0.4) is 0 Å². The number of carbonyl (C=O) groups is 2. The highest BCUT2D eigenvalue weighted by Crippen LogP contribution is 2.31. The van der Waals surface area contributed by atoms with Gasteiger partial charge in [0.25, 0.3) is 0 Å². The first kappa shape index (κ1) is 18.6. The second kappa shape index (κ2) is 8.03. The number of ether oxygens (including phenoxy) is 1. The average Bonchev–Trinajstić information content (AvgIpc) is 2.88. The quantitative estimate of drug-likeness (QED) is 0.864. The van der Waals surface area contributed by atoms with Gasteiger partial charge in [0, 0.05) is 32.6 Å². The van der Waals surface area contributed by atoms with Gasteiger partial charge in [-0.05, 0) is 30.5 Å². The molecule has 0 radical (unpaired) electrons. The lowest BCUT2D eigenvalue weighted by atomic mass is 9.90. The third-order valence-electron chi connectivity index (χ3n) is 5.35. The van der Waals surface area contributed by atoms with Crippen molar-refractivity contribution in [2.75, 3.05) is 19.8 Å². The van der Waals surface area contributed by atoms with Crippen molar-refractivity contribution in [2.24, 2.45) is 0 Å². The van der Waals surface area contributed by atoms with E-state index in [-0.39, 0.29) is 24.7 Å². The summed E-state index contributed by atoms with van der Waals surface area (Å²) in [6.07, 6.45) is 4.01. The molecule has 142 valence electrons. The van der Waals surface area contributed by atoms with Gasteiger partial charge in [0.1, 0.15) is 11.4 Å². The molecule has 2 fully saturated rings. The van der Waals surface area contributed by atoms with Gasteiger partial charge in [-0.25, -0.2) is 14.0 Å². The first-order valence-electron chi connectivity index (χ1n) is 9.17. The van der Waals surface area contributed by atoms with Gasteiger partial charge in [0.15, 0.2) is 0 Å². The van der Waals surface area contributed by atoms with Crippen LogP contribution in [0.4, 0.5) is 9.18 Å². The van der Waals surface area contributed by atoms with Crippen molar-refractivity contribution in [2.45, 2.75) is 50.1 Å². The Morgan fingerprint density at radius 1 is 1.23 bits per heavy atom. The van der Waals surface area contributed by atoms with E-state index in [1.54, 1.807) is 11.0 Å². The zero-order chi connectivity index (χ0) is 18.6. The largest absolute Gasteiger partial charge is 0.480 e. The average molecular weight is 364 g/mol. The first-order chi connectivity index (χ1) is 12.5. The molecule has 1 atom stereocenters. The van der Waals surface area contributed by atoms with E-state index in [9.17, 15) is 19.1 Å². The zero-order valence-corrected chi connectivity index (χ0v) is 14.7. The van der Waals surface area contributed by atoms with Crippen LogP contribution < -0.4 is 5.32 Å². The molecule has 6 nitrogen and oxygen atoms in total. The number of carbonyl (C=O) groups excluding carboxylic acids is 1. The summed E-state index contributed by atoms with van der Waals surface area (Å²) in [5.41, 5.74) is -0.549. The van der Waals surface area contributed by atoms with Crippen LogP contribution in [0.15, 0.2) is 24.3 Å². The smallest absolute Gasteiger partial charge is 0.329 e. The van der Waals surface area contributed by atoms with Crippen molar-refractivity contribution in [1.29, 1.82) is 0 Å². The fourth-order valence-electron chi connectivity index (χ4n) is 3.80. The highest BCUT2D eigenvalue weighted by Gasteiger charge is 2.43. The Labute approximate surface area is 152 Å². The highest BCUT2D eigenvalue weighted by atomic mass is 19.1. The molecule has 0 bridgehead atoms. The van der Waals surface area contributed by atoms with Crippen LogP contribution >= 0.6 is 0 Å². The van der Waals surface area contributed by atoms with Crippen molar-refractivity contribution in [3.63, 3.8) is 0 Å².